The van der Waals surface area contributed by atoms with Gasteiger partial charge in [-0.2, -0.15) is 0 Å². The quantitative estimate of drug-likeness (QED) is 0.900. The first kappa shape index (κ1) is 14.1. The zero-order valence-corrected chi connectivity index (χ0v) is 11.8. The highest BCUT2D eigenvalue weighted by atomic mass is 16.4. The Morgan fingerprint density at radius 3 is 1.80 bits per heavy atom. The summed E-state index contributed by atoms with van der Waals surface area (Å²) in [4.78, 5) is 10.9. The topological polar surface area (TPSA) is 37.3 Å². The number of hydrogen-bond donors (Lipinski definition) is 1. The number of rotatable bonds is 4. The van der Waals surface area contributed by atoms with Crippen LogP contribution in [-0.2, 0) is 4.79 Å². The van der Waals surface area contributed by atoms with E-state index in [1.807, 2.05) is 62.4 Å². The van der Waals surface area contributed by atoms with Crippen molar-refractivity contribution in [1.82, 2.24) is 0 Å². The van der Waals surface area contributed by atoms with Gasteiger partial charge >= 0.3 is 5.97 Å². The fourth-order valence-corrected chi connectivity index (χ4v) is 2.30. The summed E-state index contributed by atoms with van der Waals surface area (Å²) >= 11 is 0. The van der Waals surface area contributed by atoms with Gasteiger partial charge in [-0.15, -0.1) is 0 Å². The summed E-state index contributed by atoms with van der Waals surface area (Å²) in [6.07, 6.45) is 1.82. The van der Waals surface area contributed by atoms with Crippen molar-refractivity contribution in [1.29, 1.82) is 0 Å². The predicted octanol–water partition coefficient (Wildman–Crippen LogP) is 4.21. The van der Waals surface area contributed by atoms with Gasteiger partial charge in [-0.1, -0.05) is 54.6 Å². The molecule has 0 saturated carbocycles. The lowest BCUT2D eigenvalue weighted by atomic mass is 9.91. The minimum absolute atomic E-state index is 0.0258. The molecule has 0 amide bonds. The van der Waals surface area contributed by atoms with Crippen LogP contribution < -0.4 is 0 Å². The summed E-state index contributed by atoms with van der Waals surface area (Å²) in [5.74, 6) is -0.815. The standard InChI is InChI=1S/C18H18O2/c1-13-7-3-5-9-15(13)17(11-12-18(19)20)16-10-6-4-8-14(16)2/h3-11H,12H2,1-2H3,(H,19,20). The van der Waals surface area contributed by atoms with Gasteiger partial charge in [-0.25, -0.2) is 0 Å². The van der Waals surface area contributed by atoms with E-state index in [1.54, 1.807) is 6.08 Å². The zero-order chi connectivity index (χ0) is 14.5. The van der Waals surface area contributed by atoms with Crippen LogP contribution in [0.15, 0.2) is 54.6 Å². The van der Waals surface area contributed by atoms with Crippen LogP contribution in [0.2, 0.25) is 0 Å². The fraction of sp³-hybridized carbons (Fsp3) is 0.167. The van der Waals surface area contributed by atoms with Gasteiger partial charge in [0.2, 0.25) is 0 Å². The average molecular weight is 266 g/mol. The van der Waals surface area contributed by atoms with Gasteiger partial charge in [-0.3, -0.25) is 4.79 Å². The van der Waals surface area contributed by atoms with Gasteiger partial charge < -0.3 is 5.11 Å². The van der Waals surface area contributed by atoms with Crippen molar-refractivity contribution in [3.63, 3.8) is 0 Å². The van der Waals surface area contributed by atoms with Gasteiger partial charge in [0.15, 0.2) is 0 Å². The van der Waals surface area contributed by atoms with Crippen molar-refractivity contribution < 1.29 is 9.90 Å². The molecule has 1 N–H and O–H groups in total. The van der Waals surface area contributed by atoms with Crippen molar-refractivity contribution in [2.75, 3.05) is 0 Å². The van der Waals surface area contributed by atoms with Gasteiger partial charge in [0.05, 0.1) is 6.42 Å². The van der Waals surface area contributed by atoms with Gasteiger partial charge in [0.1, 0.15) is 0 Å². The van der Waals surface area contributed by atoms with E-state index in [0.29, 0.717) is 0 Å². The van der Waals surface area contributed by atoms with E-state index >= 15 is 0 Å². The first-order valence-electron chi connectivity index (χ1n) is 6.63. The van der Waals surface area contributed by atoms with Crippen LogP contribution in [0, 0.1) is 13.8 Å². The van der Waals surface area contributed by atoms with Crippen LogP contribution in [0.4, 0.5) is 0 Å². The molecule has 0 saturated heterocycles. The maximum Gasteiger partial charge on any atom is 0.307 e. The minimum atomic E-state index is -0.815. The van der Waals surface area contributed by atoms with Crippen LogP contribution >= 0.6 is 0 Å². The first-order valence-corrected chi connectivity index (χ1v) is 6.63. The molecule has 0 unspecified atom stereocenters. The largest absolute Gasteiger partial charge is 0.481 e. The van der Waals surface area contributed by atoms with E-state index in [4.69, 9.17) is 5.11 Å². The van der Waals surface area contributed by atoms with Crippen LogP contribution in [0.1, 0.15) is 28.7 Å². The normalized spacial score (nSPS) is 10.1. The van der Waals surface area contributed by atoms with Crippen molar-refractivity contribution in [3.8, 4) is 0 Å². The molecular formula is C18H18O2. The van der Waals surface area contributed by atoms with Crippen molar-refractivity contribution in [3.05, 3.63) is 76.9 Å². The van der Waals surface area contributed by atoms with E-state index in [1.165, 1.54) is 0 Å². The van der Waals surface area contributed by atoms with E-state index in [-0.39, 0.29) is 6.42 Å². The highest BCUT2D eigenvalue weighted by Crippen LogP contribution is 2.28. The maximum absolute atomic E-state index is 10.9. The highest BCUT2D eigenvalue weighted by Gasteiger charge is 2.10. The first-order chi connectivity index (χ1) is 9.59. The number of aryl methyl sites for hydroxylation is 2. The molecule has 0 aliphatic rings. The van der Waals surface area contributed by atoms with Crippen LogP contribution in [0.5, 0.6) is 0 Å². The second-order valence-electron chi connectivity index (χ2n) is 4.85. The fourth-order valence-electron chi connectivity index (χ4n) is 2.30. The lowest BCUT2D eigenvalue weighted by Crippen LogP contribution is -1.97. The number of hydrogen-bond acceptors (Lipinski definition) is 1. The molecule has 2 aromatic carbocycles. The summed E-state index contributed by atoms with van der Waals surface area (Å²) in [6.45, 7) is 4.09. The molecular weight excluding hydrogens is 248 g/mol. The summed E-state index contributed by atoms with van der Waals surface area (Å²) in [7, 11) is 0. The van der Waals surface area contributed by atoms with Crippen LogP contribution in [0.25, 0.3) is 5.57 Å². The molecule has 0 spiro atoms. The second-order valence-corrected chi connectivity index (χ2v) is 4.85. The lowest BCUT2D eigenvalue weighted by molar-refractivity contribution is -0.135. The Hall–Kier alpha value is -2.35. The Morgan fingerprint density at radius 1 is 0.950 bits per heavy atom. The average Bonchev–Trinajstić information content (AvgIpc) is 2.42. The van der Waals surface area contributed by atoms with E-state index in [9.17, 15) is 4.79 Å². The summed E-state index contributed by atoms with van der Waals surface area (Å²) in [5.41, 5.74) is 5.45. The maximum atomic E-state index is 10.9. The lowest BCUT2D eigenvalue weighted by Gasteiger charge is -2.13. The summed E-state index contributed by atoms with van der Waals surface area (Å²) in [6, 6.07) is 16.1. The van der Waals surface area contributed by atoms with Crippen molar-refractivity contribution in [2.45, 2.75) is 20.3 Å². The Bertz CT molecular complexity index is 606. The summed E-state index contributed by atoms with van der Waals surface area (Å²) < 4.78 is 0. The molecule has 2 heteroatoms. The molecule has 2 aromatic rings. The molecule has 0 radical (unpaired) electrons. The van der Waals surface area contributed by atoms with E-state index in [2.05, 4.69) is 0 Å². The van der Waals surface area contributed by atoms with Crippen molar-refractivity contribution in [2.24, 2.45) is 0 Å². The van der Waals surface area contributed by atoms with Gasteiger partial charge in [0.25, 0.3) is 0 Å². The second kappa shape index (κ2) is 6.20. The van der Waals surface area contributed by atoms with Gasteiger partial charge in [-0.05, 0) is 41.7 Å². The molecule has 0 aromatic heterocycles. The Morgan fingerprint density at radius 2 is 1.40 bits per heavy atom. The van der Waals surface area contributed by atoms with Crippen LogP contribution in [0.3, 0.4) is 0 Å². The minimum Gasteiger partial charge on any atom is -0.481 e. The molecule has 0 fully saturated rings. The zero-order valence-electron chi connectivity index (χ0n) is 11.8. The third-order valence-corrected chi connectivity index (χ3v) is 3.35. The molecule has 2 nitrogen and oxygen atoms in total. The molecule has 0 heterocycles. The van der Waals surface area contributed by atoms with Gasteiger partial charge in [0, 0.05) is 0 Å². The predicted molar refractivity (Wildman–Crippen MR) is 81.7 cm³/mol. The Kier molecular flexibility index (Phi) is 4.36. The molecule has 2 rings (SSSR count). The Balaban J connectivity index is 2.57. The SMILES string of the molecule is Cc1ccccc1C(=CCC(=O)O)c1ccccc1C. The molecule has 20 heavy (non-hydrogen) atoms. The van der Waals surface area contributed by atoms with Crippen molar-refractivity contribution >= 4 is 11.5 Å². The Labute approximate surface area is 119 Å². The highest BCUT2D eigenvalue weighted by molar-refractivity contribution is 5.85. The van der Waals surface area contributed by atoms with E-state index < -0.39 is 5.97 Å². The molecule has 0 atom stereocenters. The van der Waals surface area contributed by atoms with E-state index in [0.717, 1.165) is 27.8 Å². The summed E-state index contributed by atoms with van der Waals surface area (Å²) in [5, 5.41) is 8.95. The molecule has 0 aliphatic heterocycles. The molecule has 102 valence electrons. The number of carboxylic acids is 1. The number of carboxylic acid groups (broad SMARTS) is 1. The van der Waals surface area contributed by atoms with Crippen LogP contribution in [-0.4, -0.2) is 11.1 Å². The number of benzene rings is 2. The molecule has 0 bridgehead atoms. The monoisotopic (exact) mass is 266 g/mol. The number of carbonyl (C=O) groups is 1. The smallest absolute Gasteiger partial charge is 0.307 e. The number of aliphatic carboxylic acids is 1. The third kappa shape index (κ3) is 3.15. The molecule has 0 aliphatic carbocycles. The third-order valence-electron chi connectivity index (χ3n) is 3.35.